The van der Waals surface area contributed by atoms with Gasteiger partial charge in [-0.05, 0) is 89.1 Å². The molecule has 0 spiro atoms. The number of aromatic nitrogens is 2. The van der Waals surface area contributed by atoms with Gasteiger partial charge in [-0.2, -0.15) is 0 Å². The van der Waals surface area contributed by atoms with Gasteiger partial charge in [0.05, 0.1) is 4.90 Å². The van der Waals surface area contributed by atoms with Crippen molar-refractivity contribution in [1.29, 1.82) is 0 Å². The van der Waals surface area contributed by atoms with Gasteiger partial charge in [0.25, 0.3) is 10.0 Å². The second-order valence-corrected chi connectivity index (χ2v) is 11.9. The summed E-state index contributed by atoms with van der Waals surface area (Å²) in [4.78, 5) is 28.2. The standard InChI is InChI=1S/C27H30N2O6S/c1-26(2,3)34-23(30)12-10-19-8-7-9-22(17-19)36(32,33)29-15-14-21-16-20(18-28-25(21)29)11-13-24(31)35-27(4,5)6/h7-18H,1-6H3. The van der Waals surface area contributed by atoms with Crippen LogP contribution in [0.2, 0.25) is 0 Å². The number of hydrogen-bond donors (Lipinski definition) is 0. The van der Waals surface area contributed by atoms with Gasteiger partial charge in [-0.25, -0.2) is 27.0 Å². The minimum absolute atomic E-state index is 0.0436. The van der Waals surface area contributed by atoms with Crippen molar-refractivity contribution in [3.05, 3.63) is 72.1 Å². The molecule has 0 atom stereocenters. The number of carbonyl (C=O) groups is 2. The van der Waals surface area contributed by atoms with Crippen LogP contribution in [0.5, 0.6) is 0 Å². The number of benzene rings is 1. The van der Waals surface area contributed by atoms with Gasteiger partial charge in [0, 0.05) is 29.9 Å². The lowest BCUT2D eigenvalue weighted by Crippen LogP contribution is -2.22. The summed E-state index contributed by atoms with van der Waals surface area (Å²) in [5.74, 6) is -1.00. The van der Waals surface area contributed by atoms with Crippen LogP contribution < -0.4 is 0 Å². The molecule has 0 unspecified atom stereocenters. The van der Waals surface area contributed by atoms with E-state index in [1.165, 1.54) is 42.8 Å². The van der Waals surface area contributed by atoms with Gasteiger partial charge in [0.2, 0.25) is 0 Å². The van der Waals surface area contributed by atoms with Crippen LogP contribution in [-0.4, -0.2) is 40.5 Å². The Balaban J connectivity index is 1.85. The van der Waals surface area contributed by atoms with Crippen LogP contribution in [0.25, 0.3) is 23.2 Å². The van der Waals surface area contributed by atoms with Crippen LogP contribution >= 0.6 is 0 Å². The van der Waals surface area contributed by atoms with Gasteiger partial charge >= 0.3 is 11.9 Å². The summed E-state index contributed by atoms with van der Waals surface area (Å²) in [6.45, 7) is 10.6. The molecular weight excluding hydrogens is 480 g/mol. The summed E-state index contributed by atoms with van der Waals surface area (Å²) in [5, 5.41) is 0.589. The molecule has 36 heavy (non-hydrogen) atoms. The lowest BCUT2D eigenvalue weighted by Gasteiger charge is -2.17. The van der Waals surface area contributed by atoms with E-state index in [4.69, 9.17) is 9.47 Å². The van der Waals surface area contributed by atoms with Crippen molar-refractivity contribution >= 4 is 45.1 Å². The van der Waals surface area contributed by atoms with Gasteiger partial charge in [-0.15, -0.1) is 0 Å². The lowest BCUT2D eigenvalue weighted by molar-refractivity contribution is -0.149. The first-order valence-electron chi connectivity index (χ1n) is 11.3. The van der Waals surface area contributed by atoms with Crippen molar-refractivity contribution in [2.45, 2.75) is 57.6 Å². The normalized spacial score (nSPS) is 12.9. The number of nitrogens with zero attached hydrogens (tertiary/aromatic N) is 2. The van der Waals surface area contributed by atoms with E-state index < -0.39 is 33.2 Å². The number of fused-ring (bicyclic) bond motifs is 1. The Hall–Kier alpha value is -3.72. The van der Waals surface area contributed by atoms with Gasteiger partial charge in [-0.1, -0.05) is 12.1 Å². The minimum atomic E-state index is -3.96. The Bertz CT molecular complexity index is 1450. The van der Waals surface area contributed by atoms with Crippen LogP contribution in [-0.2, 0) is 29.1 Å². The van der Waals surface area contributed by atoms with E-state index in [1.807, 2.05) is 0 Å². The summed E-state index contributed by atoms with van der Waals surface area (Å²) in [7, 11) is -3.96. The zero-order chi connectivity index (χ0) is 26.7. The first kappa shape index (κ1) is 26.9. The number of carbonyl (C=O) groups excluding carboxylic acids is 2. The van der Waals surface area contributed by atoms with E-state index in [9.17, 15) is 18.0 Å². The fourth-order valence-corrected chi connectivity index (χ4v) is 4.56. The Kier molecular flexibility index (Phi) is 7.54. The fraction of sp³-hybridized carbons (Fsp3) is 0.296. The second kappa shape index (κ2) is 10.1. The van der Waals surface area contributed by atoms with Crippen molar-refractivity contribution in [2.24, 2.45) is 0 Å². The molecule has 9 heteroatoms. The van der Waals surface area contributed by atoms with Crippen molar-refractivity contribution in [3.63, 3.8) is 0 Å². The molecule has 0 aliphatic rings. The lowest BCUT2D eigenvalue weighted by atomic mass is 10.2. The van der Waals surface area contributed by atoms with Crippen LogP contribution in [0.4, 0.5) is 0 Å². The monoisotopic (exact) mass is 510 g/mol. The highest BCUT2D eigenvalue weighted by molar-refractivity contribution is 7.90. The largest absolute Gasteiger partial charge is 0.457 e. The predicted molar refractivity (Wildman–Crippen MR) is 139 cm³/mol. The highest BCUT2D eigenvalue weighted by Gasteiger charge is 2.20. The summed E-state index contributed by atoms with van der Waals surface area (Å²) in [5.41, 5.74) is 0.177. The van der Waals surface area contributed by atoms with Gasteiger partial charge in [0.1, 0.15) is 11.2 Å². The Labute approximate surface area is 211 Å². The molecule has 3 aromatic rings. The highest BCUT2D eigenvalue weighted by Crippen LogP contribution is 2.23. The molecule has 0 saturated carbocycles. The number of rotatable bonds is 6. The second-order valence-electron chi connectivity index (χ2n) is 10.1. The Morgan fingerprint density at radius 2 is 1.44 bits per heavy atom. The van der Waals surface area contributed by atoms with E-state index in [2.05, 4.69) is 4.98 Å². The predicted octanol–water partition coefficient (Wildman–Crippen LogP) is 4.98. The molecule has 8 nitrogen and oxygen atoms in total. The maximum atomic E-state index is 13.4. The van der Waals surface area contributed by atoms with Crippen LogP contribution in [0.15, 0.2) is 65.8 Å². The summed E-state index contributed by atoms with van der Waals surface area (Å²) in [6.07, 6.45) is 8.54. The molecule has 2 aromatic heterocycles. The molecule has 0 fully saturated rings. The molecule has 0 N–H and O–H groups in total. The zero-order valence-corrected chi connectivity index (χ0v) is 22.0. The summed E-state index contributed by atoms with van der Waals surface area (Å²) < 4.78 is 38.3. The number of ether oxygens (including phenoxy) is 2. The molecule has 0 saturated heterocycles. The smallest absolute Gasteiger partial charge is 0.331 e. The van der Waals surface area contributed by atoms with E-state index in [-0.39, 0.29) is 10.5 Å². The zero-order valence-electron chi connectivity index (χ0n) is 21.2. The quantitative estimate of drug-likeness (QED) is 0.340. The minimum Gasteiger partial charge on any atom is -0.457 e. The topological polar surface area (TPSA) is 105 Å². The molecule has 3 rings (SSSR count). The number of esters is 2. The van der Waals surface area contributed by atoms with Gasteiger partial charge in [0.15, 0.2) is 5.65 Å². The van der Waals surface area contributed by atoms with Crippen molar-refractivity contribution in [1.82, 2.24) is 8.96 Å². The molecule has 1 aromatic carbocycles. The molecule has 0 radical (unpaired) electrons. The van der Waals surface area contributed by atoms with Crippen molar-refractivity contribution < 1.29 is 27.5 Å². The van der Waals surface area contributed by atoms with E-state index in [0.717, 1.165) is 3.97 Å². The third-order valence-corrected chi connectivity index (χ3v) is 6.23. The molecule has 190 valence electrons. The fourth-order valence-electron chi connectivity index (χ4n) is 3.19. The van der Waals surface area contributed by atoms with Gasteiger partial charge < -0.3 is 9.47 Å². The molecule has 0 amide bonds. The Morgan fingerprint density at radius 1 is 0.861 bits per heavy atom. The molecular formula is C27H30N2O6S. The van der Waals surface area contributed by atoms with Crippen LogP contribution in [0.1, 0.15) is 52.7 Å². The average molecular weight is 511 g/mol. The first-order chi connectivity index (χ1) is 16.6. The molecule has 0 aliphatic heterocycles. The number of pyridine rings is 1. The maximum absolute atomic E-state index is 13.4. The van der Waals surface area contributed by atoms with E-state index in [1.54, 1.807) is 71.9 Å². The van der Waals surface area contributed by atoms with E-state index in [0.29, 0.717) is 16.5 Å². The highest BCUT2D eigenvalue weighted by atomic mass is 32.2. The maximum Gasteiger partial charge on any atom is 0.331 e. The first-order valence-corrected chi connectivity index (χ1v) is 12.7. The molecule has 0 bridgehead atoms. The van der Waals surface area contributed by atoms with Crippen molar-refractivity contribution in [3.8, 4) is 0 Å². The van der Waals surface area contributed by atoms with Gasteiger partial charge in [-0.3, -0.25) is 0 Å². The van der Waals surface area contributed by atoms with Crippen LogP contribution in [0, 0.1) is 0 Å². The SMILES string of the molecule is CC(C)(C)OC(=O)C=Cc1cccc(S(=O)(=O)n2ccc3cc(C=CC(=O)OC(C)(C)C)cnc32)c1. The third kappa shape index (κ3) is 7.14. The molecule has 2 heterocycles. The third-order valence-electron chi connectivity index (χ3n) is 4.57. The number of hydrogen-bond acceptors (Lipinski definition) is 7. The van der Waals surface area contributed by atoms with E-state index >= 15 is 0 Å². The summed E-state index contributed by atoms with van der Waals surface area (Å²) in [6, 6.07) is 9.60. The molecule has 0 aliphatic carbocycles. The Morgan fingerprint density at radius 3 is 2.03 bits per heavy atom. The van der Waals surface area contributed by atoms with Crippen LogP contribution in [0.3, 0.4) is 0 Å². The average Bonchev–Trinajstić information content (AvgIpc) is 3.18. The van der Waals surface area contributed by atoms with Crippen molar-refractivity contribution in [2.75, 3.05) is 0 Å². The summed E-state index contributed by atoms with van der Waals surface area (Å²) >= 11 is 0.